The Labute approximate surface area is 273 Å². The first-order valence-corrected chi connectivity index (χ1v) is 15.7. The molecule has 0 N–H and O–H groups in total. The van der Waals surface area contributed by atoms with Gasteiger partial charge in [0.05, 0.1) is 40.1 Å². The maximum absolute atomic E-state index is 14.4. The lowest BCUT2D eigenvalue weighted by molar-refractivity contribution is -0.138. The summed E-state index contributed by atoms with van der Waals surface area (Å²) in [7, 11) is 0. The minimum absolute atomic E-state index is 0.0843. The molecule has 3 heterocycles. The van der Waals surface area contributed by atoms with Crippen molar-refractivity contribution in [1.82, 2.24) is 4.57 Å². The number of carbonyl (C=O) groups excluding carboxylic acids is 1. The van der Waals surface area contributed by atoms with Crippen molar-refractivity contribution in [2.75, 3.05) is 13.4 Å². The number of thiazole rings is 1. The summed E-state index contributed by atoms with van der Waals surface area (Å²) in [6.07, 6.45) is 1.77. The molecule has 0 bridgehead atoms. The van der Waals surface area contributed by atoms with Gasteiger partial charge in [-0.2, -0.15) is 5.26 Å². The van der Waals surface area contributed by atoms with Crippen LogP contribution in [0, 0.1) is 11.3 Å². The van der Waals surface area contributed by atoms with Crippen LogP contribution in [-0.2, 0) is 16.1 Å². The van der Waals surface area contributed by atoms with Gasteiger partial charge in [0.2, 0.25) is 6.79 Å². The monoisotopic (exact) mass is 641 g/mol. The SMILES string of the molecule is CCOC(=O)C1=C(c2ccccc2)N=c2s/c(=C\c3ccccc3OCc3ccccc3C#N)c(=O)n2[C@@H]1c1ccc2c(c1)OCO2. The van der Waals surface area contributed by atoms with Crippen LogP contribution in [-0.4, -0.2) is 23.9 Å². The topological polar surface area (TPSA) is 112 Å². The maximum Gasteiger partial charge on any atom is 0.338 e. The molecule has 2 aliphatic rings. The summed E-state index contributed by atoms with van der Waals surface area (Å²) in [6, 6.07) is 30.8. The summed E-state index contributed by atoms with van der Waals surface area (Å²) in [5.74, 6) is 1.09. The molecule has 1 aromatic heterocycles. The van der Waals surface area contributed by atoms with Gasteiger partial charge in [-0.25, -0.2) is 9.79 Å². The highest BCUT2D eigenvalue weighted by atomic mass is 32.1. The van der Waals surface area contributed by atoms with E-state index in [1.54, 1.807) is 35.8 Å². The predicted octanol–water partition coefficient (Wildman–Crippen LogP) is 5.11. The molecule has 0 amide bonds. The lowest BCUT2D eigenvalue weighted by atomic mass is 9.93. The van der Waals surface area contributed by atoms with E-state index in [2.05, 4.69) is 6.07 Å². The molecule has 47 heavy (non-hydrogen) atoms. The molecule has 9 nitrogen and oxygen atoms in total. The van der Waals surface area contributed by atoms with E-state index in [9.17, 15) is 14.9 Å². The number of rotatable bonds is 8. The fraction of sp³-hybridized carbons (Fsp3) is 0.135. The predicted molar refractivity (Wildman–Crippen MR) is 176 cm³/mol. The van der Waals surface area contributed by atoms with Crippen LogP contribution >= 0.6 is 11.3 Å². The van der Waals surface area contributed by atoms with Crippen LogP contribution in [0.25, 0.3) is 11.8 Å². The Morgan fingerprint density at radius 1 is 1.02 bits per heavy atom. The Hall–Kier alpha value is -5.92. The van der Waals surface area contributed by atoms with Crippen molar-refractivity contribution in [3.8, 4) is 23.3 Å². The molecule has 0 saturated carbocycles. The van der Waals surface area contributed by atoms with Gasteiger partial charge in [0.15, 0.2) is 16.3 Å². The minimum Gasteiger partial charge on any atom is -0.488 e. The molecule has 1 atom stereocenters. The lowest BCUT2D eigenvalue weighted by Crippen LogP contribution is -2.40. The van der Waals surface area contributed by atoms with Gasteiger partial charge >= 0.3 is 5.97 Å². The summed E-state index contributed by atoms with van der Waals surface area (Å²) in [5, 5.41) is 9.50. The highest BCUT2D eigenvalue weighted by molar-refractivity contribution is 7.07. The standard InChI is InChI=1S/C37H27N3O6S/c1-2-43-36(42)32-33(23-10-4-3-5-11-23)39-37-40(34(32)25-16-17-29-30(18-25)46-22-45-29)35(41)31(47-37)19-24-12-8-9-15-28(24)44-21-27-14-7-6-13-26(27)20-38/h3-19,34H,2,21-22H2,1H3/b31-19-/t34-/m1/s1. The Kier molecular flexibility index (Phi) is 8.13. The van der Waals surface area contributed by atoms with Crippen molar-refractivity contribution < 1.29 is 23.7 Å². The molecule has 232 valence electrons. The van der Waals surface area contributed by atoms with Crippen molar-refractivity contribution in [3.05, 3.63) is 150 Å². The molecular weight excluding hydrogens is 614 g/mol. The van der Waals surface area contributed by atoms with Crippen LogP contribution in [0.2, 0.25) is 0 Å². The Morgan fingerprint density at radius 3 is 2.62 bits per heavy atom. The summed E-state index contributed by atoms with van der Waals surface area (Å²) in [6.45, 7) is 2.16. The fourth-order valence-electron chi connectivity index (χ4n) is 5.62. The van der Waals surface area contributed by atoms with E-state index in [1.807, 2.05) is 78.9 Å². The second-order valence-electron chi connectivity index (χ2n) is 10.6. The quantitative estimate of drug-likeness (QED) is 0.216. The molecule has 0 aliphatic carbocycles. The van der Waals surface area contributed by atoms with Crippen LogP contribution < -0.4 is 29.1 Å². The Bertz CT molecular complexity index is 2270. The average Bonchev–Trinajstić information content (AvgIpc) is 3.71. The summed E-state index contributed by atoms with van der Waals surface area (Å²) in [4.78, 5) is 33.4. The molecule has 2 aliphatic heterocycles. The van der Waals surface area contributed by atoms with E-state index in [-0.39, 0.29) is 31.1 Å². The number of ether oxygens (including phenoxy) is 4. The first-order valence-electron chi connectivity index (χ1n) is 14.9. The number of nitriles is 1. The van der Waals surface area contributed by atoms with Crippen LogP contribution in [0.3, 0.4) is 0 Å². The largest absolute Gasteiger partial charge is 0.488 e. The van der Waals surface area contributed by atoms with Gasteiger partial charge in [0.1, 0.15) is 12.4 Å². The Morgan fingerprint density at radius 2 is 1.79 bits per heavy atom. The van der Waals surface area contributed by atoms with E-state index in [0.29, 0.717) is 49.0 Å². The number of fused-ring (bicyclic) bond motifs is 2. The smallest absolute Gasteiger partial charge is 0.338 e. The highest BCUT2D eigenvalue weighted by Crippen LogP contribution is 2.40. The number of carbonyl (C=O) groups is 1. The number of benzene rings is 4. The van der Waals surface area contributed by atoms with Crippen molar-refractivity contribution in [2.24, 2.45) is 4.99 Å². The number of hydrogen-bond acceptors (Lipinski definition) is 9. The van der Waals surface area contributed by atoms with Crippen molar-refractivity contribution in [1.29, 1.82) is 5.26 Å². The van der Waals surface area contributed by atoms with E-state index in [1.165, 1.54) is 11.3 Å². The first-order chi connectivity index (χ1) is 23.1. The van der Waals surface area contributed by atoms with Crippen molar-refractivity contribution in [3.63, 3.8) is 0 Å². The molecule has 5 aromatic rings. The van der Waals surface area contributed by atoms with Gasteiger partial charge in [0, 0.05) is 16.7 Å². The van der Waals surface area contributed by atoms with E-state index in [4.69, 9.17) is 23.9 Å². The first kappa shape index (κ1) is 29.8. The fourth-order valence-corrected chi connectivity index (χ4v) is 6.61. The molecule has 0 unspecified atom stereocenters. The van der Waals surface area contributed by atoms with E-state index >= 15 is 0 Å². The third-order valence-corrected chi connectivity index (χ3v) is 8.80. The lowest BCUT2D eigenvalue weighted by Gasteiger charge is -2.26. The van der Waals surface area contributed by atoms with Gasteiger partial charge in [-0.05, 0) is 42.8 Å². The maximum atomic E-state index is 14.4. The summed E-state index contributed by atoms with van der Waals surface area (Å²) in [5.41, 5.74) is 3.69. The number of para-hydroxylation sites is 1. The normalized spacial score (nSPS) is 15.1. The van der Waals surface area contributed by atoms with Gasteiger partial charge in [-0.1, -0.05) is 84.1 Å². The third-order valence-electron chi connectivity index (χ3n) is 7.81. The second-order valence-corrected chi connectivity index (χ2v) is 11.6. The number of nitrogens with zero attached hydrogens (tertiary/aromatic N) is 3. The zero-order valence-corrected chi connectivity index (χ0v) is 26.0. The molecular formula is C37H27N3O6S. The second kappa shape index (κ2) is 12.8. The van der Waals surface area contributed by atoms with Crippen LogP contribution in [0.5, 0.6) is 17.2 Å². The van der Waals surface area contributed by atoms with Gasteiger partial charge in [-0.3, -0.25) is 9.36 Å². The number of esters is 1. The zero-order valence-electron chi connectivity index (χ0n) is 25.2. The molecule has 0 fully saturated rings. The molecule has 0 spiro atoms. The van der Waals surface area contributed by atoms with Crippen molar-refractivity contribution in [2.45, 2.75) is 19.6 Å². The van der Waals surface area contributed by atoms with Gasteiger partial charge in [0.25, 0.3) is 5.56 Å². The number of aromatic nitrogens is 1. The molecule has 7 rings (SSSR count). The van der Waals surface area contributed by atoms with Crippen LogP contribution in [0.4, 0.5) is 0 Å². The summed E-state index contributed by atoms with van der Waals surface area (Å²) < 4.78 is 24.9. The molecule has 4 aromatic carbocycles. The average molecular weight is 642 g/mol. The Balaban J connectivity index is 1.39. The van der Waals surface area contributed by atoms with E-state index in [0.717, 1.165) is 11.1 Å². The number of hydrogen-bond donors (Lipinski definition) is 0. The van der Waals surface area contributed by atoms with Crippen molar-refractivity contribution >= 4 is 29.1 Å². The minimum atomic E-state index is -0.855. The highest BCUT2D eigenvalue weighted by Gasteiger charge is 2.36. The molecule has 0 saturated heterocycles. The summed E-state index contributed by atoms with van der Waals surface area (Å²) >= 11 is 1.22. The zero-order chi connectivity index (χ0) is 32.3. The van der Waals surface area contributed by atoms with Gasteiger partial charge in [-0.15, -0.1) is 0 Å². The van der Waals surface area contributed by atoms with E-state index < -0.39 is 12.0 Å². The molecule has 10 heteroatoms. The third kappa shape index (κ3) is 5.69. The van der Waals surface area contributed by atoms with Gasteiger partial charge < -0.3 is 18.9 Å². The van der Waals surface area contributed by atoms with Crippen LogP contribution in [0.1, 0.15) is 40.8 Å². The van der Waals surface area contributed by atoms with Crippen LogP contribution in [0.15, 0.2) is 112 Å². The molecule has 0 radical (unpaired) electrons.